The van der Waals surface area contributed by atoms with Crippen LogP contribution in [0.25, 0.3) is 10.9 Å². The molecule has 10 nitrogen and oxygen atoms in total. The summed E-state index contributed by atoms with van der Waals surface area (Å²) in [6, 6.07) is 9.21. The average molecular weight is 398 g/mol. The Balaban J connectivity index is 1.77. The number of amides is 2. The van der Waals surface area contributed by atoms with E-state index in [1.54, 1.807) is 43.3 Å². The molecule has 2 amide bonds. The van der Waals surface area contributed by atoms with E-state index < -0.39 is 23.4 Å². The lowest BCUT2D eigenvalue weighted by Gasteiger charge is -2.10. The number of urea groups is 1. The number of ether oxygens (including phenoxy) is 1. The maximum atomic E-state index is 12.2. The molecule has 0 aliphatic heterocycles. The molecule has 0 aliphatic carbocycles. The van der Waals surface area contributed by atoms with E-state index in [2.05, 4.69) is 15.6 Å². The normalized spacial score (nSPS) is 10.5. The predicted octanol–water partition coefficient (Wildman–Crippen LogP) is 1.08. The molecule has 2 aromatic heterocycles. The van der Waals surface area contributed by atoms with Gasteiger partial charge in [-0.05, 0) is 36.8 Å². The van der Waals surface area contributed by atoms with Crippen LogP contribution in [0, 0.1) is 0 Å². The minimum Gasteiger partial charge on any atom is -0.465 e. The second-order valence-corrected chi connectivity index (χ2v) is 5.92. The third-order valence-electron chi connectivity index (χ3n) is 3.92. The number of hydrogen-bond donors (Lipinski definition) is 2. The van der Waals surface area contributed by atoms with Crippen LogP contribution in [0.4, 0.5) is 10.6 Å². The molecule has 0 unspecified atom stereocenters. The fraction of sp³-hybridized carbons (Fsp3) is 0.211. The number of para-hydroxylation sites is 1. The summed E-state index contributed by atoms with van der Waals surface area (Å²) in [6.07, 6.45) is 1.46. The zero-order valence-corrected chi connectivity index (χ0v) is 15.5. The molecule has 0 saturated carbocycles. The van der Waals surface area contributed by atoms with Crippen LogP contribution in [0.5, 0.6) is 0 Å². The van der Waals surface area contributed by atoms with Gasteiger partial charge in [0, 0.05) is 6.20 Å². The molecule has 10 heteroatoms. The average Bonchev–Trinajstić information content (AvgIpc) is 2.70. The summed E-state index contributed by atoms with van der Waals surface area (Å²) in [5.41, 5.74) is 0.381. The van der Waals surface area contributed by atoms with E-state index in [0.717, 1.165) is 0 Å². The van der Waals surface area contributed by atoms with Gasteiger partial charge in [-0.3, -0.25) is 14.7 Å². The molecule has 3 aromatic rings. The Labute approximate surface area is 164 Å². The summed E-state index contributed by atoms with van der Waals surface area (Å²) in [4.78, 5) is 51.2. The maximum absolute atomic E-state index is 12.2. The second kappa shape index (κ2) is 8.83. The third-order valence-corrected chi connectivity index (χ3v) is 3.92. The van der Waals surface area contributed by atoms with Crippen LogP contribution >= 0.6 is 0 Å². The van der Waals surface area contributed by atoms with Crippen molar-refractivity contribution in [1.29, 1.82) is 0 Å². The summed E-state index contributed by atoms with van der Waals surface area (Å²) >= 11 is 0. The van der Waals surface area contributed by atoms with Gasteiger partial charge in [-0.25, -0.2) is 19.4 Å². The van der Waals surface area contributed by atoms with E-state index in [4.69, 9.17) is 9.15 Å². The van der Waals surface area contributed by atoms with Crippen LogP contribution in [-0.4, -0.2) is 34.7 Å². The Morgan fingerprint density at radius 2 is 2.00 bits per heavy atom. The first-order valence-corrected chi connectivity index (χ1v) is 8.76. The van der Waals surface area contributed by atoms with Crippen molar-refractivity contribution in [2.45, 2.75) is 13.5 Å². The van der Waals surface area contributed by atoms with Crippen molar-refractivity contribution >= 4 is 28.7 Å². The fourth-order valence-corrected chi connectivity index (χ4v) is 2.67. The standard InChI is InChI=1S/C19H18N4O6/c1-2-28-16(24)10-21-18(26)22-15-9-12(7-8-20-15)11-23-14-6-4-3-5-13(14)17(25)29-19(23)27/h3-9H,2,10-11H2,1H3,(H2,20,21,22,26). The van der Waals surface area contributed by atoms with Gasteiger partial charge in [-0.2, -0.15) is 0 Å². The molecule has 0 atom stereocenters. The molecule has 29 heavy (non-hydrogen) atoms. The predicted molar refractivity (Wildman–Crippen MR) is 104 cm³/mol. The Bertz CT molecular complexity index is 1170. The van der Waals surface area contributed by atoms with E-state index in [1.807, 2.05) is 0 Å². The molecule has 0 radical (unpaired) electrons. The number of nitrogens with one attached hydrogen (secondary N) is 2. The number of carbonyl (C=O) groups excluding carboxylic acids is 2. The van der Waals surface area contributed by atoms with Gasteiger partial charge < -0.3 is 14.5 Å². The van der Waals surface area contributed by atoms with Crippen LogP contribution in [0.3, 0.4) is 0 Å². The van der Waals surface area contributed by atoms with Crippen molar-refractivity contribution in [3.05, 3.63) is 69.1 Å². The molecule has 0 fully saturated rings. The highest BCUT2D eigenvalue weighted by molar-refractivity contribution is 5.90. The van der Waals surface area contributed by atoms with Crippen molar-refractivity contribution in [3.8, 4) is 0 Å². The van der Waals surface area contributed by atoms with Gasteiger partial charge in [-0.15, -0.1) is 0 Å². The van der Waals surface area contributed by atoms with E-state index in [0.29, 0.717) is 11.1 Å². The van der Waals surface area contributed by atoms with Gasteiger partial charge in [0.1, 0.15) is 12.4 Å². The second-order valence-electron chi connectivity index (χ2n) is 5.92. The molecular formula is C19H18N4O6. The molecule has 2 heterocycles. The minimum atomic E-state index is -0.785. The lowest BCUT2D eigenvalue weighted by Crippen LogP contribution is -2.34. The first-order chi connectivity index (χ1) is 14.0. The van der Waals surface area contributed by atoms with Crippen molar-refractivity contribution < 1.29 is 18.7 Å². The monoisotopic (exact) mass is 398 g/mol. The smallest absolute Gasteiger partial charge is 0.422 e. The topological polar surface area (TPSA) is 133 Å². The lowest BCUT2D eigenvalue weighted by molar-refractivity contribution is -0.141. The summed E-state index contributed by atoms with van der Waals surface area (Å²) in [6.45, 7) is 1.72. The molecule has 0 bridgehead atoms. The van der Waals surface area contributed by atoms with Crippen LogP contribution in [0.15, 0.2) is 56.6 Å². The van der Waals surface area contributed by atoms with Gasteiger partial charge in [0.15, 0.2) is 0 Å². The van der Waals surface area contributed by atoms with Crippen LogP contribution in [0.1, 0.15) is 12.5 Å². The van der Waals surface area contributed by atoms with E-state index in [9.17, 15) is 19.2 Å². The van der Waals surface area contributed by atoms with Crippen molar-refractivity contribution in [2.75, 3.05) is 18.5 Å². The molecule has 1 aromatic carbocycles. The summed E-state index contributed by atoms with van der Waals surface area (Å²) in [5, 5.41) is 5.14. The van der Waals surface area contributed by atoms with Crippen molar-refractivity contribution in [2.24, 2.45) is 0 Å². The fourth-order valence-electron chi connectivity index (χ4n) is 2.67. The van der Waals surface area contributed by atoms with Gasteiger partial charge in [0.2, 0.25) is 0 Å². The molecule has 3 rings (SSSR count). The van der Waals surface area contributed by atoms with Gasteiger partial charge in [0.25, 0.3) is 0 Å². The Morgan fingerprint density at radius 1 is 1.21 bits per heavy atom. The number of anilines is 1. The summed E-state index contributed by atoms with van der Waals surface area (Å²) in [5.74, 6) is -1.12. The molecule has 0 spiro atoms. The minimum absolute atomic E-state index is 0.102. The van der Waals surface area contributed by atoms with Gasteiger partial charge in [0.05, 0.1) is 24.1 Å². The lowest BCUT2D eigenvalue weighted by atomic mass is 10.2. The zero-order chi connectivity index (χ0) is 20.8. The number of hydrogen-bond acceptors (Lipinski definition) is 7. The highest BCUT2D eigenvalue weighted by Crippen LogP contribution is 2.12. The number of esters is 1. The van der Waals surface area contributed by atoms with Crippen molar-refractivity contribution in [1.82, 2.24) is 14.9 Å². The Morgan fingerprint density at radius 3 is 2.79 bits per heavy atom. The number of nitrogens with zero attached hydrogens (tertiary/aromatic N) is 2. The van der Waals surface area contributed by atoms with Crippen molar-refractivity contribution in [3.63, 3.8) is 0 Å². The first-order valence-electron chi connectivity index (χ1n) is 8.76. The molecule has 2 N–H and O–H groups in total. The molecule has 0 saturated heterocycles. The summed E-state index contributed by atoms with van der Waals surface area (Å²) < 4.78 is 10.8. The number of pyridine rings is 1. The van der Waals surface area contributed by atoms with Gasteiger partial charge >= 0.3 is 23.4 Å². The van der Waals surface area contributed by atoms with E-state index in [1.165, 1.54) is 10.8 Å². The van der Waals surface area contributed by atoms with Gasteiger partial charge in [-0.1, -0.05) is 12.1 Å². The zero-order valence-electron chi connectivity index (χ0n) is 15.5. The highest BCUT2D eigenvalue weighted by atomic mass is 16.5. The Hall–Kier alpha value is -3.95. The number of aromatic nitrogens is 2. The molecule has 0 aliphatic rings. The quantitative estimate of drug-likeness (QED) is 0.594. The third kappa shape index (κ3) is 4.86. The number of fused-ring (bicyclic) bond motifs is 1. The van der Waals surface area contributed by atoms with E-state index >= 15 is 0 Å². The number of rotatable bonds is 6. The first kappa shape index (κ1) is 19.8. The Kier molecular flexibility index (Phi) is 6.03. The van der Waals surface area contributed by atoms with Crippen LogP contribution < -0.4 is 22.0 Å². The largest absolute Gasteiger partial charge is 0.465 e. The highest BCUT2D eigenvalue weighted by Gasteiger charge is 2.11. The number of benzene rings is 1. The van der Waals surface area contributed by atoms with Crippen LogP contribution in [0.2, 0.25) is 0 Å². The molecule has 150 valence electrons. The maximum Gasteiger partial charge on any atom is 0.422 e. The van der Waals surface area contributed by atoms with E-state index in [-0.39, 0.29) is 30.9 Å². The summed E-state index contributed by atoms with van der Waals surface area (Å²) in [7, 11) is 0. The SMILES string of the molecule is CCOC(=O)CNC(=O)Nc1cc(Cn2c(=O)oc(=O)c3ccccc32)ccn1. The molecular weight excluding hydrogens is 380 g/mol. The van der Waals surface area contributed by atoms with Crippen LogP contribution in [-0.2, 0) is 16.1 Å². The number of carbonyl (C=O) groups is 2.